The van der Waals surface area contributed by atoms with Crippen molar-refractivity contribution >= 4 is 11.9 Å². The molecule has 1 amide bonds. The van der Waals surface area contributed by atoms with Gasteiger partial charge >= 0.3 is 6.09 Å². The molecule has 0 N–H and O–H groups in total. The number of hydrogen-bond acceptors (Lipinski definition) is 6. The van der Waals surface area contributed by atoms with Crippen molar-refractivity contribution in [2.75, 3.05) is 37.7 Å². The number of anilines is 1. The highest BCUT2D eigenvalue weighted by atomic mass is 16.6. The number of fused-ring (bicyclic) bond motifs is 1. The van der Waals surface area contributed by atoms with E-state index in [0.29, 0.717) is 25.7 Å². The summed E-state index contributed by atoms with van der Waals surface area (Å²) in [6.45, 7) is 12.9. The fourth-order valence-electron chi connectivity index (χ4n) is 4.03. The summed E-state index contributed by atoms with van der Waals surface area (Å²) in [5.41, 5.74) is 1.94. The van der Waals surface area contributed by atoms with Gasteiger partial charge in [-0.05, 0) is 45.4 Å². The third-order valence-electron chi connectivity index (χ3n) is 5.87. The molecule has 7 heteroatoms. The Morgan fingerprint density at radius 1 is 1.09 bits per heavy atom. The van der Waals surface area contributed by atoms with Gasteiger partial charge in [-0.1, -0.05) is 30.3 Å². The SMILES string of the molecule is CC1COc2nc(N3CCN(C(=O)OC(C)(C)C)CC3)ccc2CN1Cc1ccccc1. The van der Waals surface area contributed by atoms with E-state index in [2.05, 4.69) is 53.1 Å². The van der Waals surface area contributed by atoms with Crippen LogP contribution in [-0.2, 0) is 17.8 Å². The Kier molecular flexibility index (Phi) is 6.55. The number of pyridine rings is 1. The van der Waals surface area contributed by atoms with Crippen LogP contribution in [0, 0.1) is 0 Å². The predicted molar refractivity (Wildman–Crippen MR) is 125 cm³/mol. The average molecular weight is 439 g/mol. The van der Waals surface area contributed by atoms with Crippen molar-refractivity contribution < 1.29 is 14.3 Å². The first kappa shape index (κ1) is 22.4. The second-order valence-electron chi connectivity index (χ2n) is 9.64. The van der Waals surface area contributed by atoms with Crippen molar-refractivity contribution in [3.63, 3.8) is 0 Å². The molecule has 2 aromatic rings. The molecule has 1 aromatic heterocycles. The molecule has 1 aromatic carbocycles. The molecule has 0 aliphatic carbocycles. The van der Waals surface area contributed by atoms with Crippen LogP contribution < -0.4 is 9.64 Å². The summed E-state index contributed by atoms with van der Waals surface area (Å²) in [4.78, 5) is 23.6. The molecular weight excluding hydrogens is 404 g/mol. The van der Waals surface area contributed by atoms with Gasteiger partial charge in [0.05, 0.1) is 0 Å². The lowest BCUT2D eigenvalue weighted by molar-refractivity contribution is 0.0240. The fourth-order valence-corrected chi connectivity index (χ4v) is 4.03. The molecule has 0 radical (unpaired) electrons. The van der Waals surface area contributed by atoms with E-state index in [1.54, 1.807) is 4.90 Å². The van der Waals surface area contributed by atoms with Crippen LogP contribution in [0.2, 0.25) is 0 Å². The molecule has 0 spiro atoms. The Morgan fingerprint density at radius 2 is 1.81 bits per heavy atom. The number of carbonyl (C=O) groups is 1. The predicted octanol–water partition coefficient (Wildman–Crippen LogP) is 3.92. The Bertz CT molecular complexity index is 921. The van der Waals surface area contributed by atoms with Gasteiger partial charge in [-0.15, -0.1) is 0 Å². The quantitative estimate of drug-likeness (QED) is 0.724. The summed E-state index contributed by atoms with van der Waals surface area (Å²) < 4.78 is 11.6. The molecule has 1 saturated heterocycles. The monoisotopic (exact) mass is 438 g/mol. The molecule has 32 heavy (non-hydrogen) atoms. The number of hydrogen-bond donors (Lipinski definition) is 0. The zero-order valence-corrected chi connectivity index (χ0v) is 19.6. The van der Waals surface area contributed by atoms with Gasteiger partial charge in [0, 0.05) is 50.9 Å². The van der Waals surface area contributed by atoms with Crippen molar-refractivity contribution in [2.24, 2.45) is 0 Å². The first-order valence-corrected chi connectivity index (χ1v) is 11.4. The number of ether oxygens (including phenoxy) is 2. The number of carbonyl (C=O) groups excluding carboxylic acids is 1. The molecule has 4 rings (SSSR count). The Labute approximate surface area is 190 Å². The third kappa shape index (κ3) is 5.51. The van der Waals surface area contributed by atoms with Crippen molar-refractivity contribution in [2.45, 2.75) is 52.4 Å². The molecule has 1 fully saturated rings. The third-order valence-corrected chi connectivity index (χ3v) is 5.87. The minimum Gasteiger partial charge on any atom is -0.476 e. The van der Waals surface area contributed by atoms with Crippen LogP contribution in [0.5, 0.6) is 5.88 Å². The number of rotatable bonds is 3. The minimum absolute atomic E-state index is 0.247. The van der Waals surface area contributed by atoms with Crippen molar-refractivity contribution in [1.82, 2.24) is 14.8 Å². The van der Waals surface area contributed by atoms with E-state index in [1.807, 2.05) is 26.8 Å². The zero-order chi connectivity index (χ0) is 22.7. The molecule has 1 unspecified atom stereocenters. The highest BCUT2D eigenvalue weighted by Gasteiger charge is 2.28. The van der Waals surface area contributed by atoms with E-state index in [9.17, 15) is 4.79 Å². The summed E-state index contributed by atoms with van der Waals surface area (Å²) in [6, 6.07) is 15.0. The smallest absolute Gasteiger partial charge is 0.410 e. The van der Waals surface area contributed by atoms with Crippen LogP contribution in [0.4, 0.5) is 10.6 Å². The minimum atomic E-state index is -0.477. The van der Waals surface area contributed by atoms with Crippen LogP contribution in [0.15, 0.2) is 42.5 Å². The van der Waals surface area contributed by atoms with Crippen molar-refractivity contribution in [3.8, 4) is 5.88 Å². The van der Waals surface area contributed by atoms with Crippen LogP contribution in [0.25, 0.3) is 0 Å². The Morgan fingerprint density at radius 3 is 2.50 bits per heavy atom. The molecule has 2 aliphatic rings. The number of aromatic nitrogens is 1. The lowest BCUT2D eigenvalue weighted by Crippen LogP contribution is -2.50. The number of piperazine rings is 1. The van der Waals surface area contributed by atoms with Gasteiger partial charge in [-0.3, -0.25) is 4.90 Å². The van der Waals surface area contributed by atoms with E-state index >= 15 is 0 Å². The van der Waals surface area contributed by atoms with Gasteiger partial charge in [0.25, 0.3) is 0 Å². The Hall–Kier alpha value is -2.80. The summed E-state index contributed by atoms with van der Waals surface area (Å²) in [5, 5.41) is 0. The molecule has 3 heterocycles. The molecule has 0 bridgehead atoms. The summed E-state index contributed by atoms with van der Waals surface area (Å²) in [7, 11) is 0. The molecule has 0 saturated carbocycles. The number of nitrogens with zero attached hydrogens (tertiary/aromatic N) is 4. The first-order valence-electron chi connectivity index (χ1n) is 11.4. The number of amides is 1. The maximum absolute atomic E-state index is 12.3. The first-order chi connectivity index (χ1) is 15.3. The van der Waals surface area contributed by atoms with Crippen LogP contribution >= 0.6 is 0 Å². The zero-order valence-electron chi connectivity index (χ0n) is 19.6. The van der Waals surface area contributed by atoms with Gasteiger partial charge in [0.15, 0.2) is 0 Å². The maximum Gasteiger partial charge on any atom is 0.410 e. The van der Waals surface area contributed by atoms with Crippen molar-refractivity contribution in [1.29, 1.82) is 0 Å². The Balaban J connectivity index is 1.40. The van der Waals surface area contributed by atoms with Gasteiger partial charge in [0.2, 0.25) is 5.88 Å². The van der Waals surface area contributed by atoms with Crippen molar-refractivity contribution in [3.05, 3.63) is 53.6 Å². The second-order valence-corrected chi connectivity index (χ2v) is 9.64. The molecular formula is C25H34N4O3. The van der Waals surface area contributed by atoms with E-state index in [-0.39, 0.29) is 6.09 Å². The average Bonchev–Trinajstić information content (AvgIpc) is 2.92. The fraction of sp³-hybridized carbons (Fsp3) is 0.520. The van der Waals surface area contributed by atoms with Gasteiger partial charge in [-0.2, -0.15) is 4.98 Å². The number of benzene rings is 1. The van der Waals surface area contributed by atoms with Crippen LogP contribution in [0.3, 0.4) is 0 Å². The molecule has 172 valence electrons. The van der Waals surface area contributed by atoms with E-state index < -0.39 is 5.60 Å². The van der Waals surface area contributed by atoms with Crippen LogP contribution in [-0.4, -0.2) is 65.3 Å². The molecule has 2 aliphatic heterocycles. The maximum atomic E-state index is 12.3. The highest BCUT2D eigenvalue weighted by molar-refractivity contribution is 5.68. The summed E-state index contributed by atoms with van der Waals surface area (Å²) >= 11 is 0. The topological polar surface area (TPSA) is 58.1 Å². The standard InChI is InChI=1S/C25H34N4O3/c1-19-18-31-23-21(17-29(19)16-20-8-6-5-7-9-20)10-11-22(26-23)27-12-14-28(15-13-27)24(30)32-25(2,3)4/h5-11,19H,12-18H2,1-4H3. The van der Waals surface area contributed by atoms with Gasteiger partial charge in [-0.25, -0.2) is 4.79 Å². The second kappa shape index (κ2) is 9.36. The van der Waals surface area contributed by atoms with Gasteiger partial charge < -0.3 is 19.3 Å². The molecule has 1 atom stereocenters. The van der Waals surface area contributed by atoms with E-state index in [1.165, 1.54) is 5.56 Å². The molecule has 7 nitrogen and oxygen atoms in total. The summed E-state index contributed by atoms with van der Waals surface area (Å²) in [6.07, 6.45) is -0.247. The van der Waals surface area contributed by atoms with E-state index in [0.717, 1.165) is 43.4 Å². The largest absolute Gasteiger partial charge is 0.476 e. The van der Waals surface area contributed by atoms with Crippen LogP contribution in [0.1, 0.15) is 38.8 Å². The lowest BCUT2D eigenvalue weighted by Gasteiger charge is -2.36. The van der Waals surface area contributed by atoms with Gasteiger partial charge in [0.1, 0.15) is 18.0 Å². The normalized spacial score (nSPS) is 19.7. The lowest BCUT2D eigenvalue weighted by atomic mass is 10.1. The van der Waals surface area contributed by atoms with E-state index in [4.69, 9.17) is 14.5 Å². The highest BCUT2D eigenvalue weighted by Crippen LogP contribution is 2.28. The summed E-state index contributed by atoms with van der Waals surface area (Å²) in [5.74, 6) is 1.62.